The molecule has 0 aliphatic carbocycles. The topological polar surface area (TPSA) is 79.8 Å². The molecule has 0 spiro atoms. The fraction of sp³-hybridized carbons (Fsp3) is 0.167. The normalized spacial score (nSPS) is 15.3. The SMILES string of the molecule is CC1(C)Oc2ccc(C(=O)N/N=C\c3ccccc3)cc2NC1=O. The van der Waals surface area contributed by atoms with Gasteiger partial charge in [-0.25, -0.2) is 5.43 Å². The Labute approximate surface area is 139 Å². The van der Waals surface area contributed by atoms with E-state index in [0.29, 0.717) is 17.0 Å². The molecule has 0 bridgehead atoms. The van der Waals surface area contributed by atoms with Crippen LogP contribution >= 0.6 is 0 Å². The summed E-state index contributed by atoms with van der Waals surface area (Å²) in [7, 11) is 0. The molecule has 1 heterocycles. The Hall–Kier alpha value is -3.15. The van der Waals surface area contributed by atoms with E-state index in [0.717, 1.165) is 5.56 Å². The predicted octanol–water partition coefficient (Wildman–Crippen LogP) is 2.56. The molecule has 0 atom stereocenters. The molecule has 0 unspecified atom stereocenters. The zero-order valence-electron chi connectivity index (χ0n) is 13.4. The quantitative estimate of drug-likeness (QED) is 0.673. The first kappa shape index (κ1) is 15.7. The van der Waals surface area contributed by atoms with Crippen molar-refractivity contribution in [3.05, 3.63) is 59.7 Å². The van der Waals surface area contributed by atoms with E-state index in [1.165, 1.54) is 0 Å². The monoisotopic (exact) mass is 323 g/mol. The summed E-state index contributed by atoms with van der Waals surface area (Å²) in [6.07, 6.45) is 1.56. The highest BCUT2D eigenvalue weighted by atomic mass is 16.5. The Morgan fingerprint density at radius 2 is 1.96 bits per heavy atom. The number of hydrazone groups is 1. The van der Waals surface area contributed by atoms with Gasteiger partial charge >= 0.3 is 0 Å². The van der Waals surface area contributed by atoms with E-state index < -0.39 is 5.60 Å². The molecule has 0 saturated heterocycles. The zero-order valence-corrected chi connectivity index (χ0v) is 13.4. The minimum absolute atomic E-state index is 0.255. The smallest absolute Gasteiger partial charge is 0.271 e. The first-order chi connectivity index (χ1) is 11.5. The highest BCUT2D eigenvalue weighted by Crippen LogP contribution is 2.34. The third-order valence-corrected chi connectivity index (χ3v) is 3.58. The number of benzene rings is 2. The summed E-state index contributed by atoms with van der Waals surface area (Å²) < 4.78 is 5.63. The van der Waals surface area contributed by atoms with Crippen molar-refractivity contribution in [2.24, 2.45) is 5.10 Å². The first-order valence-corrected chi connectivity index (χ1v) is 7.49. The summed E-state index contributed by atoms with van der Waals surface area (Å²) in [5.74, 6) is -0.0948. The van der Waals surface area contributed by atoms with Gasteiger partial charge < -0.3 is 10.1 Å². The van der Waals surface area contributed by atoms with Crippen molar-refractivity contribution < 1.29 is 14.3 Å². The van der Waals surface area contributed by atoms with Gasteiger partial charge in [0.1, 0.15) is 5.75 Å². The van der Waals surface area contributed by atoms with E-state index in [9.17, 15) is 9.59 Å². The van der Waals surface area contributed by atoms with Gasteiger partial charge in [0.15, 0.2) is 5.60 Å². The Kier molecular flexibility index (Phi) is 4.04. The van der Waals surface area contributed by atoms with Gasteiger partial charge in [-0.3, -0.25) is 9.59 Å². The van der Waals surface area contributed by atoms with Crippen molar-refractivity contribution in [2.75, 3.05) is 5.32 Å². The molecule has 0 radical (unpaired) electrons. The van der Waals surface area contributed by atoms with Gasteiger partial charge in [-0.05, 0) is 37.6 Å². The number of carbonyl (C=O) groups excluding carboxylic acids is 2. The minimum atomic E-state index is -0.934. The van der Waals surface area contributed by atoms with Crippen LogP contribution in [0.15, 0.2) is 53.6 Å². The lowest BCUT2D eigenvalue weighted by Gasteiger charge is -2.31. The number of ether oxygens (including phenoxy) is 1. The first-order valence-electron chi connectivity index (χ1n) is 7.49. The van der Waals surface area contributed by atoms with Crippen LogP contribution in [0.4, 0.5) is 5.69 Å². The number of nitrogens with zero attached hydrogens (tertiary/aromatic N) is 1. The van der Waals surface area contributed by atoms with E-state index in [-0.39, 0.29) is 11.8 Å². The van der Waals surface area contributed by atoms with E-state index in [4.69, 9.17) is 4.74 Å². The number of hydrogen-bond donors (Lipinski definition) is 2. The summed E-state index contributed by atoms with van der Waals surface area (Å²) in [5.41, 5.74) is 3.25. The molecule has 2 N–H and O–H groups in total. The maximum atomic E-state index is 12.2. The second-order valence-corrected chi connectivity index (χ2v) is 5.89. The average Bonchev–Trinajstić information content (AvgIpc) is 2.56. The second-order valence-electron chi connectivity index (χ2n) is 5.89. The van der Waals surface area contributed by atoms with Crippen molar-refractivity contribution in [2.45, 2.75) is 19.4 Å². The minimum Gasteiger partial charge on any atom is -0.476 e. The summed E-state index contributed by atoms with van der Waals surface area (Å²) in [5, 5.41) is 6.67. The molecule has 2 amide bonds. The summed E-state index contributed by atoms with van der Waals surface area (Å²) in [4.78, 5) is 24.1. The van der Waals surface area contributed by atoms with Crippen LogP contribution in [-0.4, -0.2) is 23.6 Å². The number of rotatable bonds is 3. The van der Waals surface area contributed by atoms with Crippen LogP contribution in [0.3, 0.4) is 0 Å². The van der Waals surface area contributed by atoms with Gasteiger partial charge in [0, 0.05) is 5.56 Å². The van der Waals surface area contributed by atoms with Crippen molar-refractivity contribution in [3.8, 4) is 5.75 Å². The molecular formula is C18H17N3O3. The van der Waals surface area contributed by atoms with Crippen LogP contribution in [0.2, 0.25) is 0 Å². The third kappa shape index (κ3) is 3.27. The largest absolute Gasteiger partial charge is 0.476 e. The molecule has 0 aromatic heterocycles. The molecule has 0 saturated carbocycles. The number of fused-ring (bicyclic) bond motifs is 1. The molecular weight excluding hydrogens is 306 g/mol. The number of anilines is 1. The van der Waals surface area contributed by atoms with Crippen LogP contribution in [0.1, 0.15) is 29.8 Å². The average molecular weight is 323 g/mol. The molecule has 24 heavy (non-hydrogen) atoms. The third-order valence-electron chi connectivity index (χ3n) is 3.58. The van der Waals surface area contributed by atoms with E-state index in [2.05, 4.69) is 15.8 Å². The highest BCUT2D eigenvalue weighted by Gasteiger charge is 2.35. The van der Waals surface area contributed by atoms with Crippen molar-refractivity contribution in [1.29, 1.82) is 0 Å². The summed E-state index contributed by atoms with van der Waals surface area (Å²) in [6, 6.07) is 14.3. The predicted molar refractivity (Wildman–Crippen MR) is 91.3 cm³/mol. The Balaban J connectivity index is 1.72. The number of amides is 2. The molecule has 2 aromatic carbocycles. The molecule has 1 aliphatic rings. The fourth-order valence-corrected chi connectivity index (χ4v) is 2.22. The maximum absolute atomic E-state index is 12.2. The summed E-state index contributed by atoms with van der Waals surface area (Å²) in [6.45, 7) is 3.37. The Morgan fingerprint density at radius 1 is 1.21 bits per heavy atom. The molecule has 6 nitrogen and oxygen atoms in total. The van der Waals surface area contributed by atoms with Crippen molar-refractivity contribution in [3.63, 3.8) is 0 Å². The Bertz CT molecular complexity index is 814. The van der Waals surface area contributed by atoms with Gasteiger partial charge in [0.2, 0.25) is 0 Å². The van der Waals surface area contributed by atoms with Gasteiger partial charge in [0.25, 0.3) is 11.8 Å². The van der Waals surface area contributed by atoms with E-state index >= 15 is 0 Å². The van der Waals surface area contributed by atoms with Gasteiger partial charge in [0.05, 0.1) is 11.9 Å². The second kappa shape index (κ2) is 6.16. The number of nitrogens with one attached hydrogen (secondary N) is 2. The molecule has 6 heteroatoms. The maximum Gasteiger partial charge on any atom is 0.271 e. The highest BCUT2D eigenvalue weighted by molar-refractivity contribution is 6.02. The van der Waals surface area contributed by atoms with Crippen LogP contribution in [0.5, 0.6) is 5.75 Å². The molecule has 0 fully saturated rings. The van der Waals surface area contributed by atoms with Gasteiger partial charge in [-0.15, -0.1) is 0 Å². The molecule has 1 aliphatic heterocycles. The van der Waals surface area contributed by atoms with Crippen molar-refractivity contribution in [1.82, 2.24) is 5.43 Å². The standard InChI is InChI=1S/C18H17N3O3/c1-18(2)17(23)20-14-10-13(8-9-15(14)24-18)16(22)21-19-11-12-6-4-3-5-7-12/h3-11H,1-2H3,(H,20,23)(H,21,22)/b19-11-. The zero-order chi connectivity index (χ0) is 17.2. The fourth-order valence-electron chi connectivity index (χ4n) is 2.22. The molecule has 3 rings (SSSR count). The number of hydrogen-bond acceptors (Lipinski definition) is 4. The Morgan fingerprint density at radius 3 is 2.71 bits per heavy atom. The van der Waals surface area contributed by atoms with E-state index in [1.807, 2.05) is 30.3 Å². The van der Waals surface area contributed by atoms with Crippen LogP contribution in [0.25, 0.3) is 0 Å². The molecule has 2 aromatic rings. The van der Waals surface area contributed by atoms with Crippen LogP contribution < -0.4 is 15.5 Å². The van der Waals surface area contributed by atoms with Crippen LogP contribution in [-0.2, 0) is 4.79 Å². The van der Waals surface area contributed by atoms with Gasteiger partial charge in [-0.2, -0.15) is 5.10 Å². The lowest BCUT2D eigenvalue weighted by molar-refractivity contribution is -0.129. The lowest BCUT2D eigenvalue weighted by Crippen LogP contribution is -2.45. The van der Waals surface area contributed by atoms with Crippen LogP contribution in [0, 0.1) is 0 Å². The lowest BCUT2D eigenvalue weighted by atomic mass is 10.0. The van der Waals surface area contributed by atoms with E-state index in [1.54, 1.807) is 38.3 Å². The van der Waals surface area contributed by atoms with Crippen molar-refractivity contribution >= 4 is 23.7 Å². The number of carbonyl (C=O) groups is 2. The van der Waals surface area contributed by atoms with Gasteiger partial charge in [-0.1, -0.05) is 30.3 Å². The summed E-state index contributed by atoms with van der Waals surface area (Å²) >= 11 is 0. The molecule has 122 valence electrons.